The number of halogens is 1. The zero-order chi connectivity index (χ0) is 13.0. The highest BCUT2D eigenvalue weighted by Gasteiger charge is 2.08. The summed E-state index contributed by atoms with van der Waals surface area (Å²) in [5.41, 5.74) is 1.40. The third-order valence-corrected chi connectivity index (χ3v) is 3.59. The first kappa shape index (κ1) is 12.6. The van der Waals surface area contributed by atoms with Crippen LogP contribution in [0.5, 0.6) is 0 Å². The van der Waals surface area contributed by atoms with Gasteiger partial charge in [0.1, 0.15) is 0 Å². The summed E-state index contributed by atoms with van der Waals surface area (Å²) in [5, 5.41) is 11.7. The van der Waals surface area contributed by atoms with Gasteiger partial charge in [0.25, 0.3) is 0 Å². The Labute approximate surface area is 114 Å². The zero-order valence-corrected chi connectivity index (χ0v) is 10.9. The number of rotatable bonds is 4. The molecule has 0 atom stereocenters. The Morgan fingerprint density at radius 3 is 2.56 bits per heavy atom. The third kappa shape index (κ3) is 3.10. The van der Waals surface area contributed by atoms with Crippen LogP contribution in [0.3, 0.4) is 0 Å². The Morgan fingerprint density at radius 2 is 2.00 bits per heavy atom. The Hall–Kier alpha value is -1.83. The molecule has 1 aromatic carbocycles. The standard InChI is InChI=1S/C13H9ClN2OS/c14-13-6-5-12(18-13)11(17)8-16-10-3-1-9(7-15)2-4-10/h1-6,16H,8H2. The summed E-state index contributed by atoms with van der Waals surface area (Å²) < 4.78 is 0.608. The second-order valence-corrected chi connectivity index (χ2v) is 5.28. The summed E-state index contributed by atoms with van der Waals surface area (Å²) >= 11 is 7.04. The van der Waals surface area contributed by atoms with Gasteiger partial charge in [-0.1, -0.05) is 11.6 Å². The molecule has 2 rings (SSSR count). The number of ketones is 1. The van der Waals surface area contributed by atoms with E-state index in [1.54, 1.807) is 36.4 Å². The van der Waals surface area contributed by atoms with Crippen LogP contribution in [0.4, 0.5) is 5.69 Å². The van der Waals surface area contributed by atoms with Crippen molar-refractivity contribution < 1.29 is 4.79 Å². The summed E-state index contributed by atoms with van der Waals surface area (Å²) in [7, 11) is 0. The van der Waals surface area contributed by atoms with E-state index >= 15 is 0 Å². The molecule has 0 radical (unpaired) electrons. The fraction of sp³-hybridized carbons (Fsp3) is 0.0769. The Kier molecular flexibility index (Phi) is 3.98. The largest absolute Gasteiger partial charge is 0.378 e. The number of carbonyl (C=O) groups excluding carboxylic acids is 1. The lowest BCUT2D eigenvalue weighted by atomic mass is 10.2. The quantitative estimate of drug-likeness (QED) is 0.869. The molecule has 1 aromatic heterocycles. The van der Waals surface area contributed by atoms with Crippen LogP contribution in [0.1, 0.15) is 15.2 Å². The molecule has 18 heavy (non-hydrogen) atoms. The number of nitrogens with zero attached hydrogens (tertiary/aromatic N) is 1. The maximum Gasteiger partial charge on any atom is 0.191 e. The van der Waals surface area contributed by atoms with Crippen molar-refractivity contribution in [3.63, 3.8) is 0 Å². The van der Waals surface area contributed by atoms with E-state index in [9.17, 15) is 4.79 Å². The fourth-order valence-electron chi connectivity index (χ4n) is 1.40. The van der Waals surface area contributed by atoms with Crippen molar-refractivity contribution in [3.8, 4) is 6.07 Å². The van der Waals surface area contributed by atoms with E-state index in [4.69, 9.17) is 16.9 Å². The predicted octanol–water partition coefficient (Wildman–Crippen LogP) is 3.57. The van der Waals surface area contributed by atoms with E-state index in [-0.39, 0.29) is 12.3 Å². The van der Waals surface area contributed by atoms with Crippen molar-refractivity contribution in [2.75, 3.05) is 11.9 Å². The molecule has 1 heterocycles. The number of nitrogens with one attached hydrogen (secondary N) is 1. The number of benzene rings is 1. The van der Waals surface area contributed by atoms with E-state index in [1.807, 2.05) is 6.07 Å². The molecule has 0 saturated heterocycles. The topological polar surface area (TPSA) is 52.9 Å². The van der Waals surface area contributed by atoms with Gasteiger partial charge in [-0.15, -0.1) is 11.3 Å². The van der Waals surface area contributed by atoms with Gasteiger partial charge in [-0.25, -0.2) is 0 Å². The van der Waals surface area contributed by atoms with Crippen molar-refractivity contribution in [1.29, 1.82) is 5.26 Å². The van der Waals surface area contributed by atoms with E-state index < -0.39 is 0 Å². The van der Waals surface area contributed by atoms with Crippen LogP contribution in [0.25, 0.3) is 0 Å². The van der Waals surface area contributed by atoms with Gasteiger partial charge in [-0.3, -0.25) is 4.79 Å². The number of hydrogen-bond acceptors (Lipinski definition) is 4. The number of hydrogen-bond donors (Lipinski definition) is 1. The molecule has 2 aromatic rings. The summed E-state index contributed by atoms with van der Waals surface area (Å²) in [6, 6.07) is 12.4. The molecule has 0 aliphatic heterocycles. The third-order valence-electron chi connectivity index (χ3n) is 2.32. The van der Waals surface area contributed by atoms with Gasteiger partial charge < -0.3 is 5.32 Å². The fourth-order valence-corrected chi connectivity index (χ4v) is 2.38. The van der Waals surface area contributed by atoms with Gasteiger partial charge >= 0.3 is 0 Å². The summed E-state index contributed by atoms with van der Waals surface area (Å²) in [6.07, 6.45) is 0. The Bertz CT molecular complexity index is 598. The molecule has 5 heteroatoms. The predicted molar refractivity (Wildman–Crippen MR) is 73.3 cm³/mol. The average Bonchev–Trinajstić information content (AvgIpc) is 2.83. The van der Waals surface area contributed by atoms with Crippen molar-refractivity contribution in [1.82, 2.24) is 0 Å². The molecular weight excluding hydrogens is 268 g/mol. The van der Waals surface area contributed by atoms with E-state index in [0.717, 1.165) is 5.69 Å². The normalized spacial score (nSPS) is 9.78. The number of Topliss-reactive ketones (excluding diaryl/α,β-unsaturated/α-hetero) is 1. The molecular formula is C13H9ClN2OS. The molecule has 3 nitrogen and oxygen atoms in total. The lowest BCUT2D eigenvalue weighted by molar-refractivity contribution is 0.101. The van der Waals surface area contributed by atoms with Crippen LogP contribution >= 0.6 is 22.9 Å². The summed E-state index contributed by atoms with van der Waals surface area (Å²) in [6.45, 7) is 0.211. The van der Waals surface area contributed by atoms with Crippen molar-refractivity contribution in [2.24, 2.45) is 0 Å². The Morgan fingerprint density at radius 1 is 1.28 bits per heavy atom. The average molecular weight is 277 g/mol. The van der Waals surface area contributed by atoms with Crippen molar-refractivity contribution in [3.05, 3.63) is 51.2 Å². The maximum absolute atomic E-state index is 11.8. The van der Waals surface area contributed by atoms with Crippen molar-refractivity contribution >= 4 is 34.4 Å². The van der Waals surface area contributed by atoms with Crippen LogP contribution in [-0.4, -0.2) is 12.3 Å². The first-order valence-electron chi connectivity index (χ1n) is 5.21. The number of carbonyl (C=O) groups is 1. The number of anilines is 1. The molecule has 0 saturated carbocycles. The van der Waals surface area contributed by atoms with E-state index in [1.165, 1.54) is 11.3 Å². The molecule has 0 amide bonds. The second-order valence-electron chi connectivity index (χ2n) is 3.57. The van der Waals surface area contributed by atoms with Crippen molar-refractivity contribution in [2.45, 2.75) is 0 Å². The molecule has 0 aliphatic rings. The van der Waals surface area contributed by atoms with Gasteiger partial charge in [0.15, 0.2) is 5.78 Å². The lowest BCUT2D eigenvalue weighted by Gasteiger charge is -2.04. The van der Waals surface area contributed by atoms with Gasteiger partial charge in [0.05, 0.1) is 27.4 Å². The van der Waals surface area contributed by atoms with Gasteiger partial charge in [0.2, 0.25) is 0 Å². The highest BCUT2D eigenvalue weighted by molar-refractivity contribution is 7.18. The Balaban J connectivity index is 1.95. The minimum Gasteiger partial charge on any atom is -0.378 e. The van der Waals surface area contributed by atoms with Crippen LogP contribution in [0.2, 0.25) is 4.34 Å². The van der Waals surface area contributed by atoms with Crippen LogP contribution in [0, 0.1) is 11.3 Å². The zero-order valence-electron chi connectivity index (χ0n) is 9.31. The second kappa shape index (κ2) is 5.67. The first-order chi connectivity index (χ1) is 8.69. The SMILES string of the molecule is N#Cc1ccc(NCC(=O)c2ccc(Cl)s2)cc1. The van der Waals surface area contributed by atoms with E-state index in [0.29, 0.717) is 14.8 Å². The summed E-state index contributed by atoms with van der Waals surface area (Å²) in [4.78, 5) is 12.4. The monoisotopic (exact) mass is 276 g/mol. The molecule has 0 bridgehead atoms. The summed E-state index contributed by atoms with van der Waals surface area (Å²) in [5.74, 6) is -0.00346. The highest BCUT2D eigenvalue weighted by atomic mass is 35.5. The maximum atomic E-state index is 11.8. The first-order valence-corrected chi connectivity index (χ1v) is 6.41. The number of nitriles is 1. The van der Waals surface area contributed by atoms with Crippen LogP contribution in [0.15, 0.2) is 36.4 Å². The molecule has 90 valence electrons. The molecule has 1 N–H and O–H groups in total. The van der Waals surface area contributed by atoms with Crippen LogP contribution < -0.4 is 5.32 Å². The van der Waals surface area contributed by atoms with Crippen LogP contribution in [-0.2, 0) is 0 Å². The lowest BCUT2D eigenvalue weighted by Crippen LogP contribution is -2.12. The minimum atomic E-state index is -0.00346. The number of thiophene rings is 1. The molecule has 0 unspecified atom stereocenters. The molecule has 0 fully saturated rings. The van der Waals surface area contributed by atoms with Gasteiger partial charge in [0, 0.05) is 5.69 Å². The molecule has 0 spiro atoms. The molecule has 0 aliphatic carbocycles. The minimum absolute atomic E-state index is 0.00346. The van der Waals surface area contributed by atoms with Gasteiger partial charge in [-0.05, 0) is 36.4 Å². The smallest absolute Gasteiger partial charge is 0.191 e. The highest BCUT2D eigenvalue weighted by Crippen LogP contribution is 2.21. The van der Waals surface area contributed by atoms with Gasteiger partial charge in [-0.2, -0.15) is 5.26 Å². The van der Waals surface area contributed by atoms with E-state index in [2.05, 4.69) is 5.32 Å².